The maximum Gasteiger partial charge on any atom is 0.243 e. The van der Waals surface area contributed by atoms with Crippen LogP contribution in [0.1, 0.15) is 39.9 Å². The van der Waals surface area contributed by atoms with Crippen LogP contribution in [0.15, 0.2) is 47.4 Å². The molecular weight excluding hydrogens is 440 g/mol. The summed E-state index contributed by atoms with van der Waals surface area (Å²) in [5, 5.41) is 2.89. The number of carbonyl (C=O) groups excluding carboxylic acids is 1. The van der Waals surface area contributed by atoms with Gasteiger partial charge in [-0.05, 0) is 56.3 Å². The van der Waals surface area contributed by atoms with E-state index >= 15 is 0 Å². The van der Waals surface area contributed by atoms with Gasteiger partial charge in [-0.15, -0.1) is 0 Å². The quantitative estimate of drug-likeness (QED) is 0.454. The van der Waals surface area contributed by atoms with Crippen LogP contribution in [0.25, 0.3) is 11.0 Å². The van der Waals surface area contributed by atoms with Crippen LogP contribution in [-0.2, 0) is 27.8 Å². The van der Waals surface area contributed by atoms with Crippen molar-refractivity contribution in [3.63, 3.8) is 0 Å². The molecule has 3 aromatic rings. The van der Waals surface area contributed by atoms with Crippen LogP contribution in [0.4, 0.5) is 5.69 Å². The van der Waals surface area contributed by atoms with E-state index in [0.29, 0.717) is 43.9 Å². The Balaban J connectivity index is 1.75. The number of hydrogen-bond acceptors (Lipinski definition) is 5. The van der Waals surface area contributed by atoms with Crippen LogP contribution in [0.3, 0.4) is 0 Å². The lowest BCUT2D eigenvalue weighted by atomic mass is 10.2. The van der Waals surface area contributed by atoms with Crippen molar-refractivity contribution in [2.24, 2.45) is 0 Å². The van der Waals surface area contributed by atoms with Gasteiger partial charge >= 0.3 is 0 Å². The number of ether oxygens (including phenoxy) is 1. The molecule has 0 spiro atoms. The van der Waals surface area contributed by atoms with E-state index in [1.165, 1.54) is 4.31 Å². The Labute approximate surface area is 195 Å². The summed E-state index contributed by atoms with van der Waals surface area (Å²) >= 11 is 0. The first-order valence-electron chi connectivity index (χ1n) is 11.4. The van der Waals surface area contributed by atoms with E-state index in [9.17, 15) is 13.2 Å². The summed E-state index contributed by atoms with van der Waals surface area (Å²) in [6.45, 7) is 9.66. The highest BCUT2D eigenvalue weighted by Crippen LogP contribution is 2.24. The number of carbonyl (C=O) groups is 1. The summed E-state index contributed by atoms with van der Waals surface area (Å²) < 4.78 is 34.6. The smallest absolute Gasteiger partial charge is 0.243 e. The van der Waals surface area contributed by atoms with Crippen molar-refractivity contribution in [3.05, 3.63) is 48.3 Å². The van der Waals surface area contributed by atoms with Crippen LogP contribution in [0.2, 0.25) is 0 Å². The number of fused-ring (bicyclic) bond motifs is 1. The molecule has 1 amide bonds. The van der Waals surface area contributed by atoms with Crippen molar-refractivity contribution in [1.29, 1.82) is 0 Å². The number of rotatable bonds is 11. The molecule has 0 saturated carbocycles. The highest BCUT2D eigenvalue weighted by atomic mass is 32.2. The van der Waals surface area contributed by atoms with E-state index in [1.807, 2.05) is 56.5 Å². The third kappa shape index (κ3) is 5.54. The second kappa shape index (κ2) is 10.8. The van der Waals surface area contributed by atoms with Gasteiger partial charge in [0.25, 0.3) is 0 Å². The van der Waals surface area contributed by atoms with Crippen molar-refractivity contribution < 1.29 is 17.9 Å². The van der Waals surface area contributed by atoms with Crippen LogP contribution in [0, 0.1) is 0 Å². The number of imidazole rings is 1. The van der Waals surface area contributed by atoms with Crippen molar-refractivity contribution in [3.8, 4) is 5.75 Å². The van der Waals surface area contributed by atoms with Gasteiger partial charge in [0.05, 0.1) is 22.5 Å². The van der Waals surface area contributed by atoms with Gasteiger partial charge < -0.3 is 14.6 Å². The molecule has 1 N–H and O–H groups in total. The van der Waals surface area contributed by atoms with E-state index in [-0.39, 0.29) is 17.2 Å². The molecule has 9 heteroatoms. The number of anilines is 1. The third-order valence-corrected chi connectivity index (χ3v) is 7.53. The second-order valence-corrected chi connectivity index (χ2v) is 9.46. The van der Waals surface area contributed by atoms with Crippen LogP contribution >= 0.6 is 0 Å². The first-order chi connectivity index (χ1) is 15.8. The van der Waals surface area contributed by atoms with Gasteiger partial charge in [-0.25, -0.2) is 13.4 Å². The number of nitrogens with one attached hydrogen (secondary N) is 1. The van der Waals surface area contributed by atoms with Crippen LogP contribution in [0.5, 0.6) is 5.75 Å². The minimum absolute atomic E-state index is 0.112. The number of aryl methyl sites for hydroxylation is 2. The summed E-state index contributed by atoms with van der Waals surface area (Å²) in [5.74, 6) is 1.40. The second-order valence-electron chi connectivity index (χ2n) is 7.52. The van der Waals surface area contributed by atoms with Crippen LogP contribution in [-0.4, -0.2) is 47.9 Å². The molecular formula is C24H32N4O4S. The van der Waals surface area contributed by atoms with Crippen LogP contribution < -0.4 is 10.1 Å². The zero-order valence-electron chi connectivity index (χ0n) is 19.7. The zero-order chi connectivity index (χ0) is 24.0. The fraction of sp³-hybridized carbons (Fsp3) is 0.417. The van der Waals surface area contributed by atoms with E-state index in [1.54, 1.807) is 18.2 Å². The summed E-state index contributed by atoms with van der Waals surface area (Å²) in [4.78, 5) is 17.4. The fourth-order valence-corrected chi connectivity index (χ4v) is 5.30. The molecule has 178 valence electrons. The van der Waals surface area contributed by atoms with Gasteiger partial charge in [-0.1, -0.05) is 13.8 Å². The minimum atomic E-state index is -3.56. The molecule has 1 heterocycles. The average molecular weight is 473 g/mol. The number of nitrogens with zero attached hydrogens (tertiary/aromatic N) is 3. The Morgan fingerprint density at radius 2 is 1.76 bits per heavy atom. The summed E-state index contributed by atoms with van der Waals surface area (Å²) in [7, 11) is -3.56. The largest absolute Gasteiger partial charge is 0.494 e. The maximum atomic E-state index is 12.9. The summed E-state index contributed by atoms with van der Waals surface area (Å²) in [6, 6.07) is 12.3. The molecule has 3 rings (SSSR count). The van der Waals surface area contributed by atoms with E-state index < -0.39 is 10.0 Å². The molecule has 0 radical (unpaired) electrons. The van der Waals surface area contributed by atoms with Gasteiger partial charge in [0.2, 0.25) is 15.9 Å². The van der Waals surface area contributed by atoms with E-state index in [0.717, 1.165) is 17.1 Å². The topological polar surface area (TPSA) is 93.5 Å². The molecule has 8 nitrogen and oxygen atoms in total. The van der Waals surface area contributed by atoms with Gasteiger partial charge in [0.1, 0.15) is 11.6 Å². The van der Waals surface area contributed by atoms with Gasteiger partial charge in [0.15, 0.2) is 0 Å². The number of amides is 1. The molecule has 0 aliphatic carbocycles. The molecule has 2 aromatic carbocycles. The van der Waals surface area contributed by atoms with Gasteiger partial charge in [0, 0.05) is 38.2 Å². The standard InChI is InChI=1S/C24H32N4O4S/c1-5-27(6-2)33(30,31)20-13-14-22-21(17-20)26-23(28(22)7-3)15-16-24(29)25-18-9-11-19(12-10-18)32-8-4/h9-14,17H,5-8,15-16H2,1-4H3,(H,25,29). The SMILES string of the molecule is CCOc1ccc(NC(=O)CCc2nc3cc(S(=O)(=O)N(CC)CC)ccc3n2CC)cc1. The summed E-state index contributed by atoms with van der Waals surface area (Å²) in [5.41, 5.74) is 2.18. The lowest BCUT2D eigenvalue weighted by Crippen LogP contribution is -2.30. The number of benzene rings is 2. The molecule has 0 fully saturated rings. The van der Waals surface area contributed by atoms with Crippen molar-refractivity contribution in [1.82, 2.24) is 13.9 Å². The molecule has 0 aliphatic heterocycles. The molecule has 0 atom stereocenters. The van der Waals surface area contributed by atoms with Crippen molar-refractivity contribution in [2.45, 2.75) is 52.0 Å². The van der Waals surface area contributed by atoms with E-state index in [4.69, 9.17) is 4.74 Å². The molecule has 0 unspecified atom stereocenters. The highest BCUT2D eigenvalue weighted by molar-refractivity contribution is 7.89. The maximum absolute atomic E-state index is 12.9. The summed E-state index contributed by atoms with van der Waals surface area (Å²) in [6.07, 6.45) is 0.713. The van der Waals surface area contributed by atoms with Gasteiger partial charge in [-0.3, -0.25) is 4.79 Å². The normalized spacial score (nSPS) is 11.8. The monoisotopic (exact) mass is 472 g/mol. The number of aromatic nitrogens is 2. The lowest BCUT2D eigenvalue weighted by Gasteiger charge is -2.18. The lowest BCUT2D eigenvalue weighted by molar-refractivity contribution is -0.116. The fourth-order valence-electron chi connectivity index (χ4n) is 3.83. The first-order valence-corrected chi connectivity index (χ1v) is 12.8. The minimum Gasteiger partial charge on any atom is -0.494 e. The van der Waals surface area contributed by atoms with E-state index in [2.05, 4.69) is 10.3 Å². The molecule has 33 heavy (non-hydrogen) atoms. The number of hydrogen-bond donors (Lipinski definition) is 1. The number of sulfonamides is 1. The third-order valence-electron chi connectivity index (χ3n) is 5.48. The Morgan fingerprint density at radius 3 is 2.36 bits per heavy atom. The zero-order valence-corrected chi connectivity index (χ0v) is 20.5. The Hall–Kier alpha value is -2.91. The Morgan fingerprint density at radius 1 is 1.06 bits per heavy atom. The highest BCUT2D eigenvalue weighted by Gasteiger charge is 2.23. The Bertz CT molecular complexity index is 1200. The van der Waals surface area contributed by atoms with Crippen molar-refractivity contribution in [2.75, 3.05) is 25.0 Å². The first kappa shape index (κ1) is 24.7. The molecule has 0 saturated heterocycles. The molecule has 0 bridgehead atoms. The predicted octanol–water partition coefficient (Wildman–Crippen LogP) is 4.06. The Kier molecular flexibility index (Phi) is 8.10. The van der Waals surface area contributed by atoms with Gasteiger partial charge in [-0.2, -0.15) is 4.31 Å². The van der Waals surface area contributed by atoms with Crippen molar-refractivity contribution >= 4 is 32.7 Å². The predicted molar refractivity (Wildman–Crippen MR) is 130 cm³/mol. The average Bonchev–Trinajstić information content (AvgIpc) is 3.16. The molecule has 0 aliphatic rings. The molecule has 1 aromatic heterocycles.